The number of hydrogen-bond acceptors (Lipinski definition) is 7. The number of nitrogens with zero attached hydrogens (tertiary/aromatic N) is 3. The van der Waals surface area contributed by atoms with E-state index in [1.54, 1.807) is 62.6 Å². The van der Waals surface area contributed by atoms with Gasteiger partial charge in [0.2, 0.25) is 27.6 Å². The van der Waals surface area contributed by atoms with Crippen LogP contribution in [0.4, 0.5) is 5.69 Å². The molecule has 1 amide bonds. The molecule has 10 heteroatoms. The molecule has 0 bridgehead atoms. The number of methoxy groups -OCH3 is 1. The van der Waals surface area contributed by atoms with E-state index in [0.717, 1.165) is 10.6 Å². The maximum absolute atomic E-state index is 12.8. The minimum atomic E-state index is -3.69. The van der Waals surface area contributed by atoms with E-state index in [-0.39, 0.29) is 18.9 Å². The summed E-state index contributed by atoms with van der Waals surface area (Å²) in [6, 6.07) is 14.8. The third kappa shape index (κ3) is 5.40. The Balaban J connectivity index is 1.73. The Morgan fingerprint density at radius 2 is 1.94 bits per heavy atom. The van der Waals surface area contributed by atoms with Gasteiger partial charge in [0.15, 0.2) is 0 Å². The number of hydrogen-bond donors (Lipinski definition) is 1. The number of rotatable bonds is 9. The average molecular weight is 445 g/mol. The number of sulfonamides is 1. The maximum atomic E-state index is 12.8. The lowest BCUT2D eigenvalue weighted by Gasteiger charge is -2.29. The molecule has 0 aliphatic carbocycles. The highest BCUT2D eigenvalue weighted by atomic mass is 32.2. The Kier molecular flexibility index (Phi) is 6.91. The number of carbonyl (C=O) groups excluding carboxylic acids is 1. The maximum Gasteiger partial charge on any atom is 0.246 e. The van der Waals surface area contributed by atoms with Gasteiger partial charge in [0.1, 0.15) is 11.8 Å². The van der Waals surface area contributed by atoms with Gasteiger partial charge in [-0.15, -0.1) is 0 Å². The summed E-state index contributed by atoms with van der Waals surface area (Å²) >= 11 is 0. The molecule has 9 nitrogen and oxygen atoms in total. The van der Waals surface area contributed by atoms with E-state index in [2.05, 4.69) is 15.5 Å². The number of aromatic nitrogens is 2. The first-order valence-corrected chi connectivity index (χ1v) is 11.5. The quantitative estimate of drug-likeness (QED) is 0.539. The summed E-state index contributed by atoms with van der Waals surface area (Å²) in [5, 5.41) is 6.62. The van der Waals surface area contributed by atoms with Gasteiger partial charge in [0, 0.05) is 5.56 Å². The predicted octanol–water partition coefficient (Wildman–Crippen LogP) is 2.61. The molecule has 0 radical (unpaired) electrons. The smallest absolute Gasteiger partial charge is 0.246 e. The summed E-state index contributed by atoms with van der Waals surface area (Å²) in [5.74, 6) is 0.756. The normalized spacial score (nSPS) is 12.2. The number of ether oxygens (including phenoxy) is 1. The SMILES string of the molecule is CC[C@@H](C(=O)NCc1nc(-c2cccc(OC)c2)no1)N(c1ccccc1)S(C)(=O)=O. The fourth-order valence-electron chi connectivity index (χ4n) is 3.12. The van der Waals surface area contributed by atoms with E-state index in [9.17, 15) is 13.2 Å². The van der Waals surface area contributed by atoms with Gasteiger partial charge in [-0.2, -0.15) is 4.98 Å². The average Bonchev–Trinajstić information content (AvgIpc) is 3.24. The van der Waals surface area contributed by atoms with E-state index < -0.39 is 22.0 Å². The molecule has 3 aromatic rings. The summed E-state index contributed by atoms with van der Waals surface area (Å²) in [4.78, 5) is 17.1. The number of benzene rings is 2. The van der Waals surface area contributed by atoms with Crippen LogP contribution in [0.15, 0.2) is 59.1 Å². The van der Waals surface area contributed by atoms with E-state index >= 15 is 0 Å². The van der Waals surface area contributed by atoms with Crippen LogP contribution in [0.5, 0.6) is 5.75 Å². The Labute approximate surface area is 181 Å². The van der Waals surface area contributed by atoms with E-state index in [1.807, 2.05) is 6.07 Å². The number of nitrogens with one attached hydrogen (secondary N) is 1. The molecule has 0 spiro atoms. The highest BCUT2D eigenvalue weighted by Crippen LogP contribution is 2.23. The van der Waals surface area contributed by atoms with Crippen LogP contribution in [-0.4, -0.2) is 43.9 Å². The third-order valence-electron chi connectivity index (χ3n) is 4.55. The van der Waals surface area contributed by atoms with E-state index in [4.69, 9.17) is 9.26 Å². The summed E-state index contributed by atoms with van der Waals surface area (Å²) in [6.45, 7) is 1.72. The van der Waals surface area contributed by atoms with Crippen LogP contribution in [0.2, 0.25) is 0 Å². The van der Waals surface area contributed by atoms with Crippen molar-refractivity contribution in [3.05, 3.63) is 60.5 Å². The van der Waals surface area contributed by atoms with Gasteiger partial charge in [0.25, 0.3) is 0 Å². The first kappa shape index (κ1) is 22.3. The molecule has 1 atom stereocenters. The third-order valence-corrected chi connectivity index (χ3v) is 5.73. The lowest BCUT2D eigenvalue weighted by atomic mass is 10.2. The van der Waals surface area contributed by atoms with Crippen LogP contribution < -0.4 is 14.4 Å². The zero-order chi connectivity index (χ0) is 22.4. The Bertz CT molecular complexity index is 1130. The van der Waals surface area contributed by atoms with Crippen molar-refractivity contribution < 1.29 is 22.5 Å². The summed E-state index contributed by atoms with van der Waals surface area (Å²) < 4.78 is 36.4. The standard InChI is InChI=1S/C21H24N4O5S/c1-4-18(25(31(3,27)28)16-10-6-5-7-11-16)21(26)22-14-19-23-20(24-30-19)15-9-8-12-17(13-15)29-2/h5-13,18H,4,14H2,1-3H3,(H,22,26)/t18-/m0/s1. The van der Waals surface area contributed by atoms with Gasteiger partial charge >= 0.3 is 0 Å². The van der Waals surface area contributed by atoms with Crippen LogP contribution >= 0.6 is 0 Å². The van der Waals surface area contributed by atoms with Crippen LogP contribution in [0.1, 0.15) is 19.2 Å². The number of amides is 1. The second-order valence-corrected chi connectivity index (χ2v) is 8.64. The monoisotopic (exact) mass is 444 g/mol. The van der Waals surface area contributed by atoms with E-state index in [0.29, 0.717) is 22.8 Å². The van der Waals surface area contributed by atoms with Crippen molar-refractivity contribution in [1.82, 2.24) is 15.5 Å². The second-order valence-electron chi connectivity index (χ2n) is 6.78. The molecular formula is C21H24N4O5S. The largest absolute Gasteiger partial charge is 0.497 e. The molecular weight excluding hydrogens is 420 g/mol. The van der Waals surface area contributed by atoms with Gasteiger partial charge in [-0.05, 0) is 30.7 Å². The fourth-order valence-corrected chi connectivity index (χ4v) is 4.33. The molecule has 1 heterocycles. The second kappa shape index (κ2) is 9.61. The molecule has 3 rings (SSSR count). The van der Waals surface area contributed by atoms with E-state index in [1.165, 1.54) is 0 Å². The van der Waals surface area contributed by atoms with Crippen molar-refractivity contribution in [3.8, 4) is 17.1 Å². The van der Waals surface area contributed by atoms with Crippen molar-refractivity contribution in [2.24, 2.45) is 0 Å². The molecule has 1 aromatic heterocycles. The lowest BCUT2D eigenvalue weighted by Crippen LogP contribution is -2.49. The number of carbonyl (C=O) groups is 1. The van der Waals surface area contributed by atoms with Gasteiger partial charge in [-0.1, -0.05) is 42.4 Å². The molecule has 0 unspecified atom stereocenters. The Hall–Kier alpha value is -3.40. The summed E-state index contributed by atoms with van der Waals surface area (Å²) in [6.07, 6.45) is 1.36. The minimum absolute atomic E-state index is 0.0291. The van der Waals surface area contributed by atoms with Crippen LogP contribution in [0.25, 0.3) is 11.4 Å². The molecule has 164 valence electrons. The first-order valence-electron chi connectivity index (χ1n) is 9.62. The van der Waals surface area contributed by atoms with Crippen molar-refractivity contribution in [2.75, 3.05) is 17.7 Å². The highest BCUT2D eigenvalue weighted by Gasteiger charge is 2.31. The fraction of sp³-hybridized carbons (Fsp3) is 0.286. The van der Waals surface area contributed by atoms with Gasteiger partial charge in [-0.25, -0.2) is 8.42 Å². The van der Waals surface area contributed by atoms with Gasteiger partial charge < -0.3 is 14.6 Å². The Morgan fingerprint density at radius 1 is 1.19 bits per heavy atom. The molecule has 1 N–H and O–H groups in total. The molecule has 0 fully saturated rings. The van der Waals surface area contributed by atoms with Crippen molar-refractivity contribution in [3.63, 3.8) is 0 Å². The predicted molar refractivity (Wildman–Crippen MR) is 116 cm³/mol. The topological polar surface area (TPSA) is 115 Å². The molecule has 2 aromatic carbocycles. The minimum Gasteiger partial charge on any atom is -0.497 e. The molecule has 0 aliphatic heterocycles. The lowest BCUT2D eigenvalue weighted by molar-refractivity contribution is -0.122. The molecule has 31 heavy (non-hydrogen) atoms. The van der Waals surface area contributed by atoms with Crippen molar-refractivity contribution in [1.29, 1.82) is 0 Å². The van der Waals surface area contributed by atoms with Crippen LogP contribution in [0, 0.1) is 0 Å². The van der Waals surface area contributed by atoms with Gasteiger partial charge in [-0.3, -0.25) is 9.10 Å². The van der Waals surface area contributed by atoms with Crippen LogP contribution in [0.3, 0.4) is 0 Å². The summed E-state index contributed by atoms with van der Waals surface area (Å²) in [7, 11) is -2.12. The van der Waals surface area contributed by atoms with Crippen molar-refractivity contribution >= 4 is 21.6 Å². The number of para-hydroxylation sites is 1. The van der Waals surface area contributed by atoms with Crippen molar-refractivity contribution in [2.45, 2.75) is 25.9 Å². The zero-order valence-corrected chi connectivity index (χ0v) is 18.3. The van der Waals surface area contributed by atoms with Crippen LogP contribution in [-0.2, 0) is 21.4 Å². The highest BCUT2D eigenvalue weighted by molar-refractivity contribution is 7.92. The number of anilines is 1. The van der Waals surface area contributed by atoms with Gasteiger partial charge in [0.05, 0.1) is 25.6 Å². The first-order chi connectivity index (χ1) is 14.8. The molecule has 0 saturated heterocycles. The molecule has 0 aliphatic rings. The molecule has 0 saturated carbocycles. The zero-order valence-electron chi connectivity index (χ0n) is 17.5. The Morgan fingerprint density at radius 3 is 2.58 bits per heavy atom. The summed E-state index contributed by atoms with van der Waals surface area (Å²) in [5.41, 5.74) is 1.13.